The van der Waals surface area contributed by atoms with Gasteiger partial charge >= 0.3 is 0 Å². The maximum Gasteiger partial charge on any atom is 0.193 e. The van der Waals surface area contributed by atoms with Crippen molar-refractivity contribution in [3.63, 3.8) is 0 Å². The van der Waals surface area contributed by atoms with Crippen LogP contribution in [0.15, 0.2) is 4.99 Å². The van der Waals surface area contributed by atoms with E-state index in [0.29, 0.717) is 4.75 Å². The van der Waals surface area contributed by atoms with Gasteiger partial charge < -0.3 is 19.7 Å². The van der Waals surface area contributed by atoms with Crippen LogP contribution in [0.4, 0.5) is 0 Å². The molecule has 0 aromatic carbocycles. The Kier molecular flexibility index (Phi) is 7.28. The molecule has 144 valence electrons. The average molecular weight is 371 g/mol. The highest BCUT2D eigenvalue weighted by molar-refractivity contribution is 8.00. The molecule has 7 heteroatoms. The van der Waals surface area contributed by atoms with Crippen LogP contribution in [-0.2, 0) is 9.47 Å². The van der Waals surface area contributed by atoms with Gasteiger partial charge in [-0.05, 0) is 31.4 Å². The fourth-order valence-electron chi connectivity index (χ4n) is 4.00. The number of thioether (sulfide) groups is 1. The Balaban J connectivity index is 1.44. The predicted molar refractivity (Wildman–Crippen MR) is 105 cm³/mol. The molecule has 0 spiro atoms. The van der Waals surface area contributed by atoms with Gasteiger partial charge in [-0.2, -0.15) is 11.8 Å². The quantitative estimate of drug-likeness (QED) is 0.578. The number of hydrogen-bond donors (Lipinski definition) is 1. The predicted octanol–water partition coefficient (Wildman–Crippen LogP) is 1.13. The normalized spacial score (nSPS) is 28.3. The third kappa shape index (κ3) is 5.25. The van der Waals surface area contributed by atoms with Gasteiger partial charge in [0.25, 0.3) is 0 Å². The Morgan fingerprint density at radius 3 is 2.52 bits per heavy atom. The lowest BCUT2D eigenvalue weighted by atomic mass is 9.99. The molecule has 0 saturated carbocycles. The van der Waals surface area contributed by atoms with Gasteiger partial charge in [0.05, 0.1) is 6.61 Å². The lowest BCUT2D eigenvalue weighted by Gasteiger charge is -2.40. The molecule has 3 fully saturated rings. The summed E-state index contributed by atoms with van der Waals surface area (Å²) in [6.45, 7) is 10.2. The van der Waals surface area contributed by atoms with Crippen LogP contribution in [0.1, 0.15) is 19.3 Å². The Labute approximate surface area is 156 Å². The van der Waals surface area contributed by atoms with Crippen LogP contribution < -0.4 is 5.32 Å². The number of guanidine groups is 1. The monoisotopic (exact) mass is 370 g/mol. The summed E-state index contributed by atoms with van der Waals surface area (Å²) < 4.78 is 11.3. The summed E-state index contributed by atoms with van der Waals surface area (Å²) in [5.74, 6) is 1.79. The number of nitrogens with one attached hydrogen (secondary N) is 1. The van der Waals surface area contributed by atoms with Gasteiger partial charge in [-0.1, -0.05) is 0 Å². The van der Waals surface area contributed by atoms with Crippen molar-refractivity contribution < 1.29 is 9.47 Å². The first-order valence-electron chi connectivity index (χ1n) is 9.63. The van der Waals surface area contributed by atoms with E-state index in [1.54, 1.807) is 0 Å². The second-order valence-electron chi connectivity index (χ2n) is 7.42. The lowest BCUT2D eigenvalue weighted by molar-refractivity contribution is 0.0779. The Morgan fingerprint density at radius 2 is 1.92 bits per heavy atom. The molecule has 6 nitrogen and oxygen atoms in total. The van der Waals surface area contributed by atoms with Gasteiger partial charge in [0.2, 0.25) is 0 Å². The van der Waals surface area contributed by atoms with Crippen LogP contribution in [0.3, 0.4) is 0 Å². The zero-order chi connectivity index (χ0) is 17.5. The van der Waals surface area contributed by atoms with Crippen molar-refractivity contribution in [2.75, 3.05) is 79.0 Å². The first kappa shape index (κ1) is 19.3. The number of nitrogens with zero attached hydrogens (tertiary/aromatic N) is 3. The molecule has 1 unspecified atom stereocenters. The van der Waals surface area contributed by atoms with Crippen LogP contribution in [0.5, 0.6) is 0 Å². The molecular weight excluding hydrogens is 336 g/mol. The molecule has 25 heavy (non-hydrogen) atoms. The topological polar surface area (TPSA) is 49.3 Å². The van der Waals surface area contributed by atoms with Crippen molar-refractivity contribution in [1.29, 1.82) is 0 Å². The summed E-state index contributed by atoms with van der Waals surface area (Å²) in [6.07, 6.45) is 5.69. The second-order valence-corrected chi connectivity index (χ2v) is 8.69. The molecule has 3 heterocycles. The van der Waals surface area contributed by atoms with Crippen molar-refractivity contribution in [3.05, 3.63) is 0 Å². The van der Waals surface area contributed by atoms with E-state index in [-0.39, 0.29) is 0 Å². The van der Waals surface area contributed by atoms with Crippen LogP contribution >= 0.6 is 11.8 Å². The Hall–Kier alpha value is -0.500. The van der Waals surface area contributed by atoms with E-state index in [9.17, 15) is 0 Å². The lowest BCUT2D eigenvalue weighted by Crippen LogP contribution is -2.55. The van der Waals surface area contributed by atoms with Gasteiger partial charge in [-0.15, -0.1) is 0 Å². The summed E-state index contributed by atoms with van der Waals surface area (Å²) >= 11 is 1.97. The van der Waals surface area contributed by atoms with Crippen LogP contribution in [0.2, 0.25) is 0 Å². The highest BCUT2D eigenvalue weighted by atomic mass is 32.2. The molecule has 3 rings (SSSR count). The average Bonchev–Trinajstić information content (AvgIpc) is 3.17. The molecule has 0 radical (unpaired) electrons. The maximum absolute atomic E-state index is 5.55. The first-order valence-corrected chi connectivity index (χ1v) is 10.9. The zero-order valence-corrected chi connectivity index (χ0v) is 16.7. The summed E-state index contributed by atoms with van der Waals surface area (Å²) in [7, 11) is 1.90. The number of piperazine rings is 1. The summed E-state index contributed by atoms with van der Waals surface area (Å²) in [4.78, 5) is 9.54. The van der Waals surface area contributed by atoms with Gasteiger partial charge in [-0.25, -0.2) is 0 Å². The SMILES string of the molecule is CN=C(NCC1(SC)CCOCC1)N1CCN(CC2CCOC2)CC1. The van der Waals surface area contributed by atoms with Crippen LogP contribution in [0, 0.1) is 5.92 Å². The smallest absolute Gasteiger partial charge is 0.193 e. The Morgan fingerprint density at radius 1 is 1.16 bits per heavy atom. The van der Waals surface area contributed by atoms with E-state index in [2.05, 4.69) is 26.4 Å². The minimum Gasteiger partial charge on any atom is -0.381 e. The van der Waals surface area contributed by atoms with E-state index in [1.165, 1.54) is 13.0 Å². The van der Waals surface area contributed by atoms with E-state index in [0.717, 1.165) is 83.9 Å². The molecule has 3 saturated heterocycles. The third-order valence-corrected chi connectivity index (χ3v) is 7.25. The standard InChI is InChI=1S/C18H34N4O2S/c1-19-17(20-15-18(25-2)4-11-23-12-5-18)22-8-6-21(7-9-22)13-16-3-10-24-14-16/h16H,3-15H2,1-2H3,(H,19,20). The second kappa shape index (κ2) is 9.44. The molecule has 1 atom stereocenters. The molecule has 0 amide bonds. The van der Waals surface area contributed by atoms with Crippen LogP contribution in [0.25, 0.3) is 0 Å². The summed E-state index contributed by atoms with van der Waals surface area (Å²) in [5.41, 5.74) is 0. The highest BCUT2D eigenvalue weighted by Gasteiger charge is 2.32. The van der Waals surface area contributed by atoms with Crippen molar-refractivity contribution in [2.45, 2.75) is 24.0 Å². The number of aliphatic imine (C=N–C) groups is 1. The molecule has 0 aromatic heterocycles. The summed E-state index contributed by atoms with van der Waals surface area (Å²) in [6, 6.07) is 0. The molecule has 0 bridgehead atoms. The molecule has 3 aliphatic rings. The van der Waals surface area contributed by atoms with Gasteiger partial charge in [0, 0.05) is 70.9 Å². The van der Waals surface area contributed by atoms with E-state index in [4.69, 9.17) is 9.47 Å². The van der Waals surface area contributed by atoms with E-state index >= 15 is 0 Å². The summed E-state index contributed by atoms with van der Waals surface area (Å²) in [5, 5.41) is 3.65. The maximum atomic E-state index is 5.55. The van der Waals surface area contributed by atoms with Gasteiger partial charge in [-0.3, -0.25) is 9.89 Å². The minimum atomic E-state index is 0.290. The molecule has 0 aliphatic carbocycles. The Bertz CT molecular complexity index is 429. The molecule has 3 aliphatic heterocycles. The van der Waals surface area contributed by atoms with Crippen molar-refractivity contribution in [3.8, 4) is 0 Å². The van der Waals surface area contributed by atoms with Crippen LogP contribution in [-0.4, -0.2) is 99.5 Å². The van der Waals surface area contributed by atoms with Gasteiger partial charge in [0.1, 0.15) is 0 Å². The first-order chi connectivity index (χ1) is 12.2. The fourth-order valence-corrected chi connectivity index (χ4v) is 4.80. The van der Waals surface area contributed by atoms with Crippen molar-refractivity contribution >= 4 is 17.7 Å². The van der Waals surface area contributed by atoms with E-state index in [1.807, 2.05) is 18.8 Å². The van der Waals surface area contributed by atoms with Crippen molar-refractivity contribution in [2.24, 2.45) is 10.9 Å². The van der Waals surface area contributed by atoms with Gasteiger partial charge in [0.15, 0.2) is 5.96 Å². The zero-order valence-electron chi connectivity index (χ0n) is 15.8. The number of ether oxygens (including phenoxy) is 2. The third-order valence-electron chi connectivity index (χ3n) is 5.83. The number of hydrogen-bond acceptors (Lipinski definition) is 5. The number of rotatable bonds is 5. The minimum absolute atomic E-state index is 0.290. The molecule has 0 aromatic rings. The highest BCUT2D eigenvalue weighted by Crippen LogP contribution is 2.33. The van der Waals surface area contributed by atoms with E-state index < -0.39 is 0 Å². The molecular formula is C18H34N4O2S. The van der Waals surface area contributed by atoms with Crippen molar-refractivity contribution in [1.82, 2.24) is 15.1 Å². The fraction of sp³-hybridized carbons (Fsp3) is 0.944. The molecule has 1 N–H and O–H groups in total. The largest absolute Gasteiger partial charge is 0.381 e.